The first-order valence-corrected chi connectivity index (χ1v) is 9.65. The summed E-state index contributed by atoms with van der Waals surface area (Å²) in [6.45, 7) is 15.2. The van der Waals surface area contributed by atoms with Crippen molar-refractivity contribution < 1.29 is 4.74 Å². The van der Waals surface area contributed by atoms with Gasteiger partial charge in [-0.1, -0.05) is 17.7 Å². The van der Waals surface area contributed by atoms with Crippen LogP contribution in [0, 0.1) is 33.8 Å². The summed E-state index contributed by atoms with van der Waals surface area (Å²) in [4.78, 5) is 5.08. The van der Waals surface area contributed by atoms with E-state index < -0.39 is 0 Å². The zero-order chi connectivity index (χ0) is 18.4. The maximum absolute atomic E-state index is 6.02. The minimum absolute atomic E-state index is 0.957. The van der Waals surface area contributed by atoms with E-state index in [2.05, 4.69) is 68.7 Å². The van der Waals surface area contributed by atoms with E-state index in [0.717, 1.165) is 44.5 Å². The Bertz CT molecular complexity index is 817. The Labute approximate surface area is 157 Å². The molecule has 137 valence electrons. The molecule has 1 saturated heterocycles. The van der Waals surface area contributed by atoms with Crippen molar-refractivity contribution in [2.75, 3.05) is 36.0 Å². The van der Waals surface area contributed by atoms with Gasteiger partial charge in [0.25, 0.3) is 0 Å². The Morgan fingerprint density at radius 3 is 2.00 bits per heavy atom. The lowest BCUT2D eigenvalue weighted by molar-refractivity contribution is 0.359. The number of hydrogen-bond acceptors (Lipinski definition) is 3. The van der Waals surface area contributed by atoms with Crippen LogP contribution in [0.5, 0.6) is 5.75 Å². The molecular formula is C23H29N2O. The smallest absolute Gasteiger partial charge is 0.150 e. The zero-order valence-electron chi connectivity index (χ0n) is 16.6. The third kappa shape index (κ3) is 2.84. The summed E-state index contributed by atoms with van der Waals surface area (Å²) in [5.41, 5.74) is 9.57. The highest BCUT2D eigenvalue weighted by Crippen LogP contribution is 2.44. The molecule has 0 atom stereocenters. The first kappa shape index (κ1) is 17.3. The summed E-state index contributed by atoms with van der Waals surface area (Å²) in [7, 11) is 0. The molecule has 1 radical (unpaired) electrons. The topological polar surface area (TPSA) is 15.7 Å². The highest BCUT2D eigenvalue weighted by molar-refractivity contribution is 5.70. The predicted octanol–water partition coefficient (Wildman–Crippen LogP) is 4.73. The van der Waals surface area contributed by atoms with Crippen molar-refractivity contribution >= 4 is 11.4 Å². The second-order valence-corrected chi connectivity index (χ2v) is 7.82. The molecule has 0 aliphatic carbocycles. The number of piperazine rings is 1. The van der Waals surface area contributed by atoms with Crippen LogP contribution in [-0.2, 0) is 6.42 Å². The summed E-state index contributed by atoms with van der Waals surface area (Å²) < 4.78 is 6.02. The maximum Gasteiger partial charge on any atom is 0.150 e. The van der Waals surface area contributed by atoms with Gasteiger partial charge in [0, 0.05) is 49.5 Å². The van der Waals surface area contributed by atoms with Gasteiger partial charge in [-0.05, 0) is 63.4 Å². The Morgan fingerprint density at radius 2 is 1.35 bits per heavy atom. The average Bonchev–Trinajstić information content (AvgIpc) is 3.04. The van der Waals surface area contributed by atoms with Crippen LogP contribution in [0.4, 0.5) is 11.4 Å². The lowest BCUT2D eigenvalue weighted by Crippen LogP contribution is -2.47. The second kappa shape index (κ2) is 6.53. The van der Waals surface area contributed by atoms with Crippen molar-refractivity contribution in [3.05, 3.63) is 58.2 Å². The van der Waals surface area contributed by atoms with Crippen LogP contribution in [0.15, 0.2) is 24.3 Å². The minimum Gasteiger partial charge on any atom is -0.482 e. The van der Waals surface area contributed by atoms with Gasteiger partial charge in [-0.2, -0.15) is 0 Å². The Balaban J connectivity index is 1.58. The number of anilines is 2. The second-order valence-electron chi connectivity index (χ2n) is 7.82. The normalized spacial score (nSPS) is 17.4. The highest BCUT2D eigenvalue weighted by Gasteiger charge is 2.30. The van der Waals surface area contributed by atoms with Gasteiger partial charge in [-0.3, -0.25) is 0 Å². The molecular weight excluding hydrogens is 320 g/mol. The quantitative estimate of drug-likeness (QED) is 0.779. The van der Waals surface area contributed by atoms with Crippen LogP contribution in [0.2, 0.25) is 0 Å². The lowest BCUT2D eigenvalue weighted by Gasteiger charge is -2.39. The number of aryl methyl sites for hydroxylation is 1. The van der Waals surface area contributed by atoms with Gasteiger partial charge in [-0.25, -0.2) is 0 Å². The largest absolute Gasteiger partial charge is 0.482 e. The first-order chi connectivity index (χ1) is 12.5. The van der Waals surface area contributed by atoms with E-state index in [1.54, 1.807) is 0 Å². The molecule has 3 heteroatoms. The highest BCUT2D eigenvalue weighted by atomic mass is 16.5. The first-order valence-electron chi connectivity index (χ1n) is 9.65. The van der Waals surface area contributed by atoms with E-state index in [-0.39, 0.29) is 0 Å². The van der Waals surface area contributed by atoms with Crippen molar-refractivity contribution in [3.8, 4) is 5.75 Å². The molecule has 4 rings (SSSR count). The van der Waals surface area contributed by atoms with Gasteiger partial charge in [-0.15, -0.1) is 0 Å². The molecule has 2 aliphatic heterocycles. The van der Waals surface area contributed by atoms with E-state index in [1.807, 2.05) is 0 Å². The monoisotopic (exact) mass is 349 g/mol. The fourth-order valence-corrected chi connectivity index (χ4v) is 4.40. The summed E-state index contributed by atoms with van der Waals surface area (Å²) in [5.74, 6) is 1.11. The van der Waals surface area contributed by atoms with Crippen LogP contribution in [0.25, 0.3) is 0 Å². The fourth-order valence-electron chi connectivity index (χ4n) is 4.40. The van der Waals surface area contributed by atoms with Crippen molar-refractivity contribution in [2.24, 2.45) is 0 Å². The number of benzene rings is 2. The summed E-state index contributed by atoms with van der Waals surface area (Å²) in [6, 6.07) is 8.91. The minimum atomic E-state index is 0.957. The van der Waals surface area contributed by atoms with Crippen LogP contribution >= 0.6 is 0 Å². The van der Waals surface area contributed by atoms with Gasteiger partial charge in [0.05, 0.1) is 0 Å². The molecule has 0 spiro atoms. The maximum atomic E-state index is 6.02. The van der Waals surface area contributed by atoms with Gasteiger partial charge < -0.3 is 14.5 Å². The van der Waals surface area contributed by atoms with Gasteiger partial charge in [0.2, 0.25) is 0 Å². The van der Waals surface area contributed by atoms with Crippen LogP contribution in [0.3, 0.4) is 0 Å². The van der Waals surface area contributed by atoms with Crippen LogP contribution in [-0.4, -0.2) is 26.2 Å². The SMILES string of the molecule is C[C]1Cc2c(C)c(N3CCN(c4ccc(C)cc4)CC3)c(C)c(C)c2O1. The van der Waals surface area contributed by atoms with Crippen LogP contribution < -0.4 is 14.5 Å². The standard InChI is InChI=1S/C23H29N2O/c1-15-6-8-20(9-7-15)24-10-12-25(13-11-24)22-17(3)18(4)23-21(19(22)5)14-16(2)26-23/h6-9H,10-14H2,1-5H3. The third-order valence-corrected chi connectivity index (χ3v) is 6.04. The van der Waals surface area contributed by atoms with Crippen molar-refractivity contribution in [3.63, 3.8) is 0 Å². The van der Waals surface area contributed by atoms with Gasteiger partial charge in [0.1, 0.15) is 11.9 Å². The Hall–Kier alpha value is -2.16. The number of nitrogens with zero attached hydrogens (tertiary/aromatic N) is 2. The number of ether oxygens (including phenoxy) is 1. The molecule has 0 saturated carbocycles. The fraction of sp³-hybridized carbons (Fsp3) is 0.435. The molecule has 2 aromatic carbocycles. The molecule has 0 amide bonds. The van der Waals surface area contributed by atoms with Crippen molar-refractivity contribution in [2.45, 2.75) is 41.0 Å². The average molecular weight is 349 g/mol. The molecule has 0 aromatic heterocycles. The lowest BCUT2D eigenvalue weighted by atomic mass is 9.94. The molecule has 2 heterocycles. The molecule has 0 N–H and O–H groups in total. The molecule has 0 unspecified atom stereocenters. The zero-order valence-corrected chi connectivity index (χ0v) is 16.6. The molecule has 3 nitrogen and oxygen atoms in total. The van der Waals surface area contributed by atoms with Gasteiger partial charge in [0.15, 0.2) is 0 Å². The van der Waals surface area contributed by atoms with E-state index in [0.29, 0.717) is 0 Å². The summed E-state index contributed by atoms with van der Waals surface area (Å²) >= 11 is 0. The Morgan fingerprint density at radius 1 is 0.731 bits per heavy atom. The Kier molecular flexibility index (Phi) is 4.34. The molecule has 0 bridgehead atoms. The van der Waals surface area contributed by atoms with Crippen molar-refractivity contribution in [1.29, 1.82) is 0 Å². The van der Waals surface area contributed by atoms with Crippen molar-refractivity contribution in [1.82, 2.24) is 0 Å². The van der Waals surface area contributed by atoms with E-state index in [4.69, 9.17) is 4.74 Å². The molecule has 2 aliphatic rings. The molecule has 2 aromatic rings. The van der Waals surface area contributed by atoms with E-state index in [1.165, 1.54) is 39.2 Å². The van der Waals surface area contributed by atoms with E-state index in [9.17, 15) is 0 Å². The molecule has 26 heavy (non-hydrogen) atoms. The number of rotatable bonds is 2. The number of hydrogen-bond donors (Lipinski definition) is 0. The predicted molar refractivity (Wildman–Crippen MR) is 110 cm³/mol. The van der Waals surface area contributed by atoms with Crippen LogP contribution in [0.1, 0.15) is 34.7 Å². The number of fused-ring (bicyclic) bond motifs is 1. The summed E-state index contributed by atoms with van der Waals surface area (Å²) in [5, 5.41) is 0. The van der Waals surface area contributed by atoms with Gasteiger partial charge >= 0.3 is 0 Å². The third-order valence-electron chi connectivity index (χ3n) is 6.04. The van der Waals surface area contributed by atoms with E-state index >= 15 is 0 Å². The molecule has 1 fully saturated rings. The summed E-state index contributed by atoms with van der Waals surface area (Å²) in [6.07, 6.45) is 2.07.